The van der Waals surface area contributed by atoms with Crippen molar-refractivity contribution in [2.45, 2.75) is 30.2 Å². The highest BCUT2D eigenvalue weighted by Crippen LogP contribution is 2.42. The Hall–Kier alpha value is -2.60. The van der Waals surface area contributed by atoms with Gasteiger partial charge in [0.1, 0.15) is 9.90 Å². The van der Waals surface area contributed by atoms with E-state index < -0.39 is 22.0 Å². The fourth-order valence-electron chi connectivity index (χ4n) is 3.76. The maximum Gasteiger partial charge on any atom is 0.286 e. The van der Waals surface area contributed by atoms with E-state index in [-0.39, 0.29) is 16.5 Å². The smallest absolute Gasteiger partial charge is 0.286 e. The number of amidine groups is 1. The van der Waals surface area contributed by atoms with E-state index in [4.69, 9.17) is 0 Å². The summed E-state index contributed by atoms with van der Waals surface area (Å²) in [5.74, 6) is -0.968. The van der Waals surface area contributed by atoms with E-state index in [0.29, 0.717) is 17.1 Å². The lowest BCUT2D eigenvalue weighted by molar-refractivity contribution is -0.122. The van der Waals surface area contributed by atoms with Crippen molar-refractivity contribution in [1.29, 1.82) is 0 Å². The largest absolute Gasteiger partial charge is 0.340 e. The third-order valence-electron chi connectivity index (χ3n) is 5.09. The number of sulfonamides is 1. The molecule has 4 heterocycles. The molecule has 2 atom stereocenters. The molecule has 5 rings (SSSR count). The van der Waals surface area contributed by atoms with E-state index in [2.05, 4.69) is 14.7 Å². The minimum absolute atomic E-state index is 0.0370. The van der Waals surface area contributed by atoms with Crippen LogP contribution in [0, 0.1) is 6.92 Å². The number of nitrogens with zero attached hydrogens (tertiary/aromatic N) is 3. The number of hydrogen-bond donors (Lipinski definition) is 2. The number of fused-ring (bicyclic) bond motifs is 2. The molecule has 2 aromatic heterocycles. The van der Waals surface area contributed by atoms with Crippen LogP contribution in [0.25, 0.3) is 0 Å². The predicted octanol–water partition coefficient (Wildman–Crippen LogP) is 3.20. The number of thiazole rings is 1. The minimum atomic E-state index is -3.99. The quantitative estimate of drug-likeness (QED) is 0.617. The summed E-state index contributed by atoms with van der Waals surface area (Å²) < 4.78 is 29.2. The fourth-order valence-corrected chi connectivity index (χ4v) is 6.65. The molecule has 11 heteroatoms. The van der Waals surface area contributed by atoms with Gasteiger partial charge in [0.15, 0.2) is 17.7 Å². The zero-order valence-corrected chi connectivity index (χ0v) is 18.1. The van der Waals surface area contributed by atoms with Gasteiger partial charge in [0.2, 0.25) is 0 Å². The lowest BCUT2D eigenvalue weighted by Gasteiger charge is -2.36. The van der Waals surface area contributed by atoms with Gasteiger partial charge in [-0.25, -0.2) is 10.0 Å². The second-order valence-electron chi connectivity index (χ2n) is 7.01. The summed E-state index contributed by atoms with van der Waals surface area (Å²) in [6, 6.07) is 6.91. The third kappa shape index (κ3) is 3.05. The van der Waals surface area contributed by atoms with Crippen LogP contribution in [0.3, 0.4) is 0 Å². The molecule has 0 saturated heterocycles. The Labute approximate surface area is 180 Å². The predicted molar refractivity (Wildman–Crippen MR) is 115 cm³/mol. The number of carbonyl (C=O) groups is 1. The Morgan fingerprint density at radius 2 is 2.07 bits per heavy atom. The first-order valence-corrected chi connectivity index (χ1v) is 12.2. The highest BCUT2D eigenvalue weighted by atomic mass is 32.2. The molecular weight excluding hydrogens is 444 g/mol. The first-order chi connectivity index (χ1) is 14.3. The van der Waals surface area contributed by atoms with Gasteiger partial charge in [0.05, 0.1) is 16.6 Å². The van der Waals surface area contributed by atoms with E-state index in [1.54, 1.807) is 29.8 Å². The Morgan fingerprint density at radius 3 is 2.83 bits per heavy atom. The van der Waals surface area contributed by atoms with Crippen molar-refractivity contribution in [3.63, 3.8) is 0 Å². The highest BCUT2D eigenvalue weighted by molar-refractivity contribution is 7.90. The van der Waals surface area contributed by atoms with Crippen LogP contribution >= 0.6 is 22.7 Å². The van der Waals surface area contributed by atoms with Crippen LogP contribution in [0.2, 0.25) is 0 Å². The maximum atomic E-state index is 13.5. The number of para-hydroxylation sites is 1. The zero-order valence-electron chi connectivity index (χ0n) is 15.6. The number of rotatable bonds is 3. The normalized spacial score (nSPS) is 22.1. The molecule has 3 aromatic rings. The average Bonchev–Trinajstić information content (AvgIpc) is 3.34. The average molecular weight is 461 g/mol. The van der Waals surface area contributed by atoms with Crippen LogP contribution in [0.5, 0.6) is 0 Å². The summed E-state index contributed by atoms with van der Waals surface area (Å²) in [7, 11) is -3.99. The lowest BCUT2D eigenvalue weighted by Crippen LogP contribution is -2.53. The number of carbonyl (C=O) groups excluding carboxylic acids is 1. The van der Waals surface area contributed by atoms with Gasteiger partial charge in [-0.3, -0.25) is 10.0 Å². The van der Waals surface area contributed by atoms with Crippen LogP contribution in [0.1, 0.15) is 21.4 Å². The van der Waals surface area contributed by atoms with Gasteiger partial charge in [-0.1, -0.05) is 12.1 Å². The van der Waals surface area contributed by atoms with Crippen molar-refractivity contribution in [2.24, 2.45) is 4.40 Å². The summed E-state index contributed by atoms with van der Waals surface area (Å²) in [6.45, 7) is 1.90. The summed E-state index contributed by atoms with van der Waals surface area (Å²) in [5.41, 5.74) is 1.05. The van der Waals surface area contributed by atoms with Gasteiger partial charge in [0, 0.05) is 11.1 Å². The summed E-state index contributed by atoms with van der Waals surface area (Å²) in [6.07, 6.45) is 2.17. The molecular formula is C19H16N4O4S3. The van der Waals surface area contributed by atoms with Crippen LogP contribution in [-0.4, -0.2) is 36.3 Å². The van der Waals surface area contributed by atoms with Gasteiger partial charge in [-0.15, -0.1) is 27.1 Å². The van der Waals surface area contributed by atoms with Crippen LogP contribution < -0.4 is 10.4 Å². The number of aryl methyl sites for hydroxylation is 1. The van der Waals surface area contributed by atoms with Crippen LogP contribution in [0.4, 0.5) is 10.7 Å². The van der Waals surface area contributed by atoms with Gasteiger partial charge in [0.25, 0.3) is 10.0 Å². The van der Waals surface area contributed by atoms with E-state index in [0.717, 1.165) is 20.5 Å². The first-order valence-electron chi connectivity index (χ1n) is 9.06. The number of benzene rings is 1. The molecule has 0 bridgehead atoms. The molecule has 2 unspecified atom stereocenters. The van der Waals surface area contributed by atoms with Gasteiger partial charge < -0.3 is 5.32 Å². The molecule has 2 aliphatic rings. The number of hydroxylamine groups is 1. The Bertz CT molecular complexity index is 1290. The second-order valence-corrected chi connectivity index (χ2v) is 10.8. The molecule has 0 radical (unpaired) electrons. The molecule has 0 aliphatic carbocycles. The summed E-state index contributed by atoms with van der Waals surface area (Å²) >= 11 is 2.80. The first kappa shape index (κ1) is 19.4. The summed E-state index contributed by atoms with van der Waals surface area (Å²) in [5, 5.41) is 17.8. The van der Waals surface area contributed by atoms with E-state index in [1.165, 1.54) is 28.7 Å². The van der Waals surface area contributed by atoms with E-state index >= 15 is 0 Å². The van der Waals surface area contributed by atoms with Crippen molar-refractivity contribution in [3.8, 4) is 0 Å². The molecule has 30 heavy (non-hydrogen) atoms. The highest BCUT2D eigenvalue weighted by Gasteiger charge is 2.45. The molecule has 154 valence electrons. The Morgan fingerprint density at radius 1 is 1.27 bits per heavy atom. The number of aromatic nitrogens is 1. The van der Waals surface area contributed by atoms with Gasteiger partial charge in [-0.05, 0) is 42.5 Å². The minimum Gasteiger partial charge on any atom is -0.340 e. The second kappa shape index (κ2) is 6.98. The molecule has 1 aromatic carbocycles. The maximum absolute atomic E-state index is 13.5. The van der Waals surface area contributed by atoms with Crippen molar-refractivity contribution in [3.05, 3.63) is 57.4 Å². The fraction of sp³-hybridized carbons (Fsp3) is 0.211. The van der Waals surface area contributed by atoms with E-state index in [1.807, 2.05) is 13.0 Å². The number of thiophene rings is 1. The molecule has 2 N–H and O–H groups in total. The lowest BCUT2D eigenvalue weighted by atomic mass is 9.85. The molecule has 0 fully saturated rings. The topological polar surface area (TPSA) is 112 Å². The third-order valence-corrected chi connectivity index (χ3v) is 8.30. The molecule has 2 aliphatic heterocycles. The molecule has 0 saturated carbocycles. The standard InChI is InChI=1S/C19H16N4O4S3/c1-10-20-9-11(29-10)8-13-12-6-7-28-19(12)23(25)16(17(13)24)18-21-14-4-2-3-5-15(14)30(26,27)22-18/h2-7,9,13,16,25H,8H2,1H3,(H,21,22). The number of nitrogens with one attached hydrogen (secondary N) is 1. The molecule has 0 spiro atoms. The van der Waals surface area contributed by atoms with Gasteiger partial charge >= 0.3 is 0 Å². The molecule has 0 amide bonds. The number of Topliss-reactive ketones (excluding diaryl/α,β-unsaturated/α-hetero) is 1. The SMILES string of the molecule is Cc1ncc(CC2C(=O)C(C3=NS(=O)(=O)c4ccccc4N3)N(O)c3sccc32)s1. The monoisotopic (exact) mass is 460 g/mol. The molecule has 8 nitrogen and oxygen atoms in total. The Balaban J connectivity index is 1.58. The Kier molecular flexibility index (Phi) is 4.51. The van der Waals surface area contributed by atoms with E-state index in [9.17, 15) is 18.4 Å². The number of anilines is 2. The number of ketones is 1. The van der Waals surface area contributed by atoms with Gasteiger partial charge in [-0.2, -0.15) is 8.42 Å². The van der Waals surface area contributed by atoms with Crippen molar-refractivity contribution in [2.75, 3.05) is 10.4 Å². The van der Waals surface area contributed by atoms with Crippen molar-refractivity contribution in [1.82, 2.24) is 4.98 Å². The number of hydrogen-bond acceptors (Lipinski definition) is 9. The summed E-state index contributed by atoms with van der Waals surface area (Å²) in [4.78, 5) is 18.7. The van der Waals surface area contributed by atoms with Crippen LogP contribution in [0.15, 0.2) is 51.2 Å². The van der Waals surface area contributed by atoms with Crippen molar-refractivity contribution >= 4 is 55.0 Å². The van der Waals surface area contributed by atoms with Crippen molar-refractivity contribution < 1.29 is 18.4 Å². The van der Waals surface area contributed by atoms with Crippen LogP contribution in [-0.2, 0) is 21.2 Å². The zero-order chi connectivity index (χ0) is 21.0.